The molecule has 4 N–H and O–H groups in total. The summed E-state index contributed by atoms with van der Waals surface area (Å²) in [5.41, 5.74) is 8.41. The maximum atomic E-state index is 13.9. The number of carbonyl (C=O) groups excluding carboxylic acids is 2. The molecule has 7 nitrogen and oxygen atoms in total. The number of aliphatic hydroxyl groups excluding tert-OH is 1. The van der Waals surface area contributed by atoms with Crippen LogP contribution >= 0.6 is 11.3 Å². The van der Waals surface area contributed by atoms with Crippen LogP contribution in [0.2, 0.25) is 0 Å². The van der Waals surface area contributed by atoms with Gasteiger partial charge in [-0.2, -0.15) is 13.2 Å². The highest BCUT2D eigenvalue weighted by atomic mass is 32.1. The van der Waals surface area contributed by atoms with E-state index in [2.05, 4.69) is 4.98 Å². The first kappa shape index (κ1) is 26.1. The third-order valence-corrected chi connectivity index (χ3v) is 6.91. The molecule has 1 aliphatic rings. The summed E-state index contributed by atoms with van der Waals surface area (Å²) < 4.78 is 41.8. The van der Waals surface area contributed by atoms with Crippen molar-refractivity contribution in [1.29, 1.82) is 0 Å². The maximum Gasteiger partial charge on any atom is 0.412 e. The number of aryl methyl sites for hydroxylation is 1. The lowest BCUT2D eigenvalue weighted by Crippen LogP contribution is -2.55. The molecule has 3 rings (SSSR count). The average molecular weight is 499 g/mol. The highest BCUT2D eigenvalue weighted by Gasteiger charge is 2.47. The fourth-order valence-corrected chi connectivity index (χ4v) is 4.67. The minimum Gasteiger partial charge on any atom is -0.391 e. The number of carbonyl (C=O) groups is 2. The molecule has 0 bridgehead atoms. The van der Waals surface area contributed by atoms with Crippen LogP contribution in [-0.2, 0) is 9.59 Å². The first-order chi connectivity index (χ1) is 15.7. The summed E-state index contributed by atoms with van der Waals surface area (Å²) in [5.74, 6) is -1.58. The Morgan fingerprint density at radius 1 is 1.24 bits per heavy atom. The van der Waals surface area contributed by atoms with E-state index in [0.29, 0.717) is 0 Å². The molecule has 186 valence electrons. The number of likely N-dealkylation sites (tertiary alicyclic amines) is 1. The molecule has 2 heterocycles. The van der Waals surface area contributed by atoms with Crippen molar-refractivity contribution in [3.63, 3.8) is 0 Å². The highest BCUT2D eigenvalue weighted by molar-refractivity contribution is 7.13. The zero-order valence-corrected chi connectivity index (χ0v) is 20.2. The van der Waals surface area contributed by atoms with E-state index in [-0.39, 0.29) is 18.5 Å². The lowest BCUT2D eigenvalue weighted by Gasteiger charge is -2.33. The lowest BCUT2D eigenvalue weighted by atomic mass is 9.86. The van der Waals surface area contributed by atoms with Crippen molar-refractivity contribution in [3.8, 4) is 10.4 Å². The number of halogens is 3. The molecular formula is C23H29F3N4O3S. The average Bonchev–Trinajstić information content (AvgIpc) is 3.35. The van der Waals surface area contributed by atoms with Crippen LogP contribution < -0.4 is 11.1 Å². The SMILES string of the molecule is Cc1ncsc1-c1ccc(C(NC(=O)[C@@H]2C[C@@H](O)CN2C(=O)[C@@H](N)C(C)(C)C)C(F)(F)F)cc1. The van der Waals surface area contributed by atoms with Crippen molar-refractivity contribution < 1.29 is 27.9 Å². The Morgan fingerprint density at radius 2 is 1.85 bits per heavy atom. The van der Waals surface area contributed by atoms with Gasteiger partial charge < -0.3 is 21.1 Å². The van der Waals surface area contributed by atoms with Crippen LogP contribution in [-0.4, -0.2) is 57.7 Å². The van der Waals surface area contributed by atoms with E-state index < -0.39 is 47.6 Å². The molecule has 1 aliphatic heterocycles. The zero-order chi connectivity index (χ0) is 25.4. The number of aliphatic hydroxyl groups is 1. The minimum atomic E-state index is -4.77. The standard InChI is InChI=1S/C23H29F3N4O3S/c1-12-17(34-11-28-12)13-5-7-14(8-6-13)19(23(24,25)26)29-20(32)16-9-15(31)10-30(16)21(33)18(27)22(2,3)4/h5-8,11,15-16,18-19,31H,9-10,27H2,1-4H3,(H,29,32)/t15-,16+,18-,19?/m1/s1. The van der Waals surface area contributed by atoms with Gasteiger partial charge in [-0.05, 0) is 23.5 Å². The number of β-amino-alcohol motifs (C(OH)–C–C–N with tert-alkyl or cyclic N) is 1. The van der Waals surface area contributed by atoms with Gasteiger partial charge in [-0.3, -0.25) is 9.59 Å². The van der Waals surface area contributed by atoms with Gasteiger partial charge in [0.05, 0.1) is 28.2 Å². The van der Waals surface area contributed by atoms with E-state index in [9.17, 15) is 27.9 Å². The molecule has 1 aromatic heterocycles. The molecule has 1 aromatic carbocycles. The van der Waals surface area contributed by atoms with Crippen molar-refractivity contribution in [3.05, 3.63) is 41.0 Å². The summed E-state index contributed by atoms with van der Waals surface area (Å²) in [6.07, 6.45) is -5.97. The molecule has 2 amide bonds. The number of benzene rings is 1. The van der Waals surface area contributed by atoms with E-state index in [1.165, 1.54) is 23.5 Å². The third-order valence-electron chi connectivity index (χ3n) is 5.93. The number of aromatic nitrogens is 1. The number of nitrogens with zero attached hydrogens (tertiary/aromatic N) is 2. The second-order valence-corrected chi connectivity index (χ2v) is 10.5. The number of hydrogen-bond acceptors (Lipinski definition) is 6. The fraction of sp³-hybridized carbons (Fsp3) is 0.522. The highest BCUT2D eigenvalue weighted by Crippen LogP contribution is 2.35. The van der Waals surface area contributed by atoms with Crippen LogP contribution in [0, 0.1) is 12.3 Å². The predicted molar refractivity (Wildman–Crippen MR) is 123 cm³/mol. The second kappa shape index (κ2) is 9.63. The second-order valence-electron chi connectivity index (χ2n) is 9.61. The molecule has 0 aliphatic carbocycles. The molecular weight excluding hydrogens is 469 g/mol. The fourth-order valence-electron chi connectivity index (χ4n) is 3.85. The molecule has 1 fully saturated rings. The van der Waals surface area contributed by atoms with Gasteiger partial charge in [-0.1, -0.05) is 45.0 Å². The van der Waals surface area contributed by atoms with Gasteiger partial charge >= 0.3 is 6.18 Å². The summed E-state index contributed by atoms with van der Waals surface area (Å²) in [7, 11) is 0. The van der Waals surface area contributed by atoms with Crippen molar-refractivity contribution in [1.82, 2.24) is 15.2 Å². The van der Waals surface area contributed by atoms with Gasteiger partial charge in [0.25, 0.3) is 0 Å². The van der Waals surface area contributed by atoms with Crippen LogP contribution in [0.5, 0.6) is 0 Å². The normalized spacial score (nSPS) is 20.8. The molecule has 0 radical (unpaired) electrons. The number of amides is 2. The van der Waals surface area contributed by atoms with Crippen LogP contribution in [0.1, 0.15) is 44.5 Å². The van der Waals surface area contributed by atoms with Crippen molar-refractivity contribution in [2.45, 2.75) is 64.5 Å². The van der Waals surface area contributed by atoms with E-state index in [0.717, 1.165) is 21.0 Å². The largest absolute Gasteiger partial charge is 0.412 e. The Kier molecular flexibility index (Phi) is 7.40. The molecule has 1 saturated heterocycles. The maximum absolute atomic E-state index is 13.9. The first-order valence-electron chi connectivity index (χ1n) is 10.8. The number of thiazole rings is 1. The Hall–Kier alpha value is -2.50. The number of nitrogens with two attached hydrogens (primary N) is 1. The van der Waals surface area contributed by atoms with Crippen LogP contribution in [0.3, 0.4) is 0 Å². The molecule has 11 heteroatoms. The van der Waals surface area contributed by atoms with Gasteiger partial charge in [0.15, 0.2) is 6.04 Å². The lowest BCUT2D eigenvalue weighted by molar-refractivity contribution is -0.165. The smallest absolute Gasteiger partial charge is 0.391 e. The molecule has 0 saturated carbocycles. The van der Waals surface area contributed by atoms with Crippen molar-refractivity contribution in [2.24, 2.45) is 11.1 Å². The van der Waals surface area contributed by atoms with Crippen LogP contribution in [0.15, 0.2) is 29.8 Å². The summed E-state index contributed by atoms with van der Waals surface area (Å²) in [5, 5.41) is 12.1. The topological polar surface area (TPSA) is 109 Å². The van der Waals surface area contributed by atoms with Gasteiger partial charge in [0, 0.05) is 13.0 Å². The predicted octanol–water partition coefficient (Wildman–Crippen LogP) is 3.17. The van der Waals surface area contributed by atoms with Gasteiger partial charge in [0.2, 0.25) is 11.8 Å². The summed E-state index contributed by atoms with van der Waals surface area (Å²) in [4.78, 5) is 31.9. The van der Waals surface area contributed by atoms with Crippen LogP contribution in [0.4, 0.5) is 13.2 Å². The number of alkyl halides is 3. The number of nitrogens with one attached hydrogen (secondary N) is 1. The zero-order valence-electron chi connectivity index (χ0n) is 19.4. The first-order valence-corrected chi connectivity index (χ1v) is 11.7. The molecule has 34 heavy (non-hydrogen) atoms. The molecule has 0 spiro atoms. The molecule has 2 aromatic rings. The summed E-state index contributed by atoms with van der Waals surface area (Å²) >= 11 is 1.38. The Balaban J connectivity index is 1.83. The van der Waals surface area contributed by atoms with Gasteiger partial charge in [-0.15, -0.1) is 11.3 Å². The van der Waals surface area contributed by atoms with Gasteiger partial charge in [0.1, 0.15) is 6.04 Å². The quantitative estimate of drug-likeness (QED) is 0.587. The van der Waals surface area contributed by atoms with Crippen LogP contribution in [0.25, 0.3) is 10.4 Å². The number of rotatable bonds is 5. The van der Waals surface area contributed by atoms with E-state index in [1.54, 1.807) is 38.4 Å². The van der Waals surface area contributed by atoms with E-state index in [4.69, 9.17) is 5.73 Å². The van der Waals surface area contributed by atoms with Crippen molar-refractivity contribution >= 4 is 23.2 Å². The summed E-state index contributed by atoms with van der Waals surface area (Å²) in [6.45, 7) is 6.88. The monoisotopic (exact) mass is 498 g/mol. The summed E-state index contributed by atoms with van der Waals surface area (Å²) in [6, 6.07) is 1.23. The Morgan fingerprint density at radius 3 is 2.35 bits per heavy atom. The third kappa shape index (κ3) is 5.59. The van der Waals surface area contributed by atoms with E-state index in [1.807, 2.05) is 12.2 Å². The number of hydrogen-bond donors (Lipinski definition) is 3. The van der Waals surface area contributed by atoms with Crippen molar-refractivity contribution in [2.75, 3.05) is 6.54 Å². The Bertz CT molecular complexity index is 1030. The minimum absolute atomic E-state index is 0.144. The van der Waals surface area contributed by atoms with E-state index >= 15 is 0 Å². The molecule has 1 unspecified atom stereocenters. The van der Waals surface area contributed by atoms with Gasteiger partial charge in [-0.25, -0.2) is 4.98 Å². The Labute approximate surface area is 200 Å². The molecule has 4 atom stereocenters.